The van der Waals surface area contributed by atoms with Gasteiger partial charge in [0, 0.05) is 13.1 Å². The summed E-state index contributed by atoms with van der Waals surface area (Å²) in [5.41, 5.74) is 3.25. The Morgan fingerprint density at radius 3 is 2.29 bits per heavy atom. The molecule has 0 saturated carbocycles. The number of rotatable bonds is 7. The van der Waals surface area contributed by atoms with Gasteiger partial charge in [-0.2, -0.15) is 0 Å². The molecule has 0 aliphatic heterocycles. The van der Waals surface area contributed by atoms with Crippen molar-refractivity contribution in [1.29, 1.82) is 0 Å². The lowest BCUT2D eigenvalue weighted by atomic mass is 10.1. The predicted octanol–water partition coefficient (Wildman–Crippen LogP) is 3.05. The summed E-state index contributed by atoms with van der Waals surface area (Å²) in [6.07, 6.45) is 0.777. The summed E-state index contributed by atoms with van der Waals surface area (Å²) in [6, 6.07) is 13.5. The van der Waals surface area contributed by atoms with Crippen LogP contribution < -0.4 is 20.1 Å². The number of methoxy groups -OCH3 is 2. The molecule has 5 nitrogen and oxygen atoms in total. The molecule has 0 saturated heterocycles. The van der Waals surface area contributed by atoms with Gasteiger partial charge >= 0.3 is 6.03 Å². The monoisotopic (exact) mass is 328 g/mol. The third-order valence-corrected chi connectivity index (χ3v) is 3.77. The van der Waals surface area contributed by atoms with Gasteiger partial charge < -0.3 is 20.1 Å². The van der Waals surface area contributed by atoms with Crippen LogP contribution in [0.25, 0.3) is 0 Å². The zero-order valence-corrected chi connectivity index (χ0v) is 14.4. The normalized spacial score (nSPS) is 10.1. The molecule has 0 aliphatic carbocycles. The van der Waals surface area contributed by atoms with Crippen molar-refractivity contribution in [2.45, 2.75) is 19.9 Å². The number of urea groups is 1. The van der Waals surface area contributed by atoms with Gasteiger partial charge in [-0.1, -0.05) is 24.3 Å². The summed E-state index contributed by atoms with van der Waals surface area (Å²) in [6.45, 7) is 3.05. The topological polar surface area (TPSA) is 59.6 Å². The van der Waals surface area contributed by atoms with Crippen LogP contribution in [0.1, 0.15) is 16.7 Å². The number of benzene rings is 2. The maximum atomic E-state index is 11.8. The lowest BCUT2D eigenvalue weighted by Gasteiger charge is -2.10. The van der Waals surface area contributed by atoms with Crippen molar-refractivity contribution >= 4 is 6.03 Å². The Morgan fingerprint density at radius 2 is 1.67 bits per heavy atom. The van der Waals surface area contributed by atoms with Gasteiger partial charge in [0.1, 0.15) is 11.5 Å². The van der Waals surface area contributed by atoms with E-state index in [1.165, 1.54) is 0 Å². The van der Waals surface area contributed by atoms with Crippen molar-refractivity contribution in [1.82, 2.24) is 10.6 Å². The molecule has 0 aliphatic rings. The van der Waals surface area contributed by atoms with Gasteiger partial charge in [0.25, 0.3) is 0 Å². The van der Waals surface area contributed by atoms with Crippen LogP contribution in [-0.4, -0.2) is 26.8 Å². The smallest absolute Gasteiger partial charge is 0.315 e. The molecule has 0 spiro atoms. The van der Waals surface area contributed by atoms with Crippen LogP contribution in [0.5, 0.6) is 11.5 Å². The zero-order chi connectivity index (χ0) is 17.4. The van der Waals surface area contributed by atoms with E-state index in [0.717, 1.165) is 34.6 Å². The summed E-state index contributed by atoms with van der Waals surface area (Å²) >= 11 is 0. The van der Waals surface area contributed by atoms with Crippen LogP contribution in [0.4, 0.5) is 4.79 Å². The lowest BCUT2D eigenvalue weighted by molar-refractivity contribution is 0.240. The molecule has 2 amide bonds. The van der Waals surface area contributed by atoms with Crippen molar-refractivity contribution in [3.05, 3.63) is 59.2 Å². The first kappa shape index (κ1) is 17.7. The predicted molar refractivity (Wildman–Crippen MR) is 94.7 cm³/mol. The van der Waals surface area contributed by atoms with E-state index in [0.29, 0.717) is 13.1 Å². The Labute approximate surface area is 143 Å². The number of hydrogen-bond acceptors (Lipinski definition) is 3. The number of aryl methyl sites for hydroxylation is 1. The molecule has 0 bridgehead atoms. The van der Waals surface area contributed by atoms with E-state index in [1.54, 1.807) is 14.2 Å². The maximum absolute atomic E-state index is 11.8. The lowest BCUT2D eigenvalue weighted by Crippen LogP contribution is -2.36. The van der Waals surface area contributed by atoms with E-state index in [2.05, 4.69) is 10.6 Å². The molecule has 128 valence electrons. The van der Waals surface area contributed by atoms with E-state index in [-0.39, 0.29) is 6.03 Å². The van der Waals surface area contributed by atoms with Crippen LogP contribution in [0.15, 0.2) is 42.5 Å². The Morgan fingerprint density at radius 1 is 0.958 bits per heavy atom. The summed E-state index contributed by atoms with van der Waals surface area (Å²) in [4.78, 5) is 11.8. The molecular weight excluding hydrogens is 304 g/mol. The van der Waals surface area contributed by atoms with Gasteiger partial charge in [0.05, 0.1) is 14.2 Å². The molecule has 0 fully saturated rings. The Hall–Kier alpha value is -2.69. The molecule has 0 atom stereocenters. The molecule has 2 N–H and O–H groups in total. The molecule has 0 aromatic heterocycles. The minimum atomic E-state index is -0.169. The molecule has 0 radical (unpaired) electrons. The number of ether oxygens (including phenoxy) is 2. The van der Waals surface area contributed by atoms with Crippen molar-refractivity contribution in [3.8, 4) is 11.5 Å². The zero-order valence-electron chi connectivity index (χ0n) is 14.4. The molecule has 24 heavy (non-hydrogen) atoms. The first-order valence-electron chi connectivity index (χ1n) is 7.90. The fraction of sp³-hybridized carbons (Fsp3) is 0.316. The summed E-state index contributed by atoms with van der Waals surface area (Å²) in [5, 5.41) is 5.72. The van der Waals surface area contributed by atoms with E-state index in [4.69, 9.17) is 9.47 Å². The van der Waals surface area contributed by atoms with Crippen LogP contribution in [-0.2, 0) is 13.0 Å². The second-order valence-electron chi connectivity index (χ2n) is 5.51. The van der Waals surface area contributed by atoms with Crippen molar-refractivity contribution in [3.63, 3.8) is 0 Å². The highest BCUT2D eigenvalue weighted by atomic mass is 16.5. The van der Waals surface area contributed by atoms with E-state index >= 15 is 0 Å². The average Bonchev–Trinajstić information content (AvgIpc) is 2.60. The third kappa shape index (κ3) is 5.19. The quantitative estimate of drug-likeness (QED) is 0.821. The second-order valence-corrected chi connectivity index (χ2v) is 5.51. The molecule has 2 aromatic rings. The van der Waals surface area contributed by atoms with Gasteiger partial charge in [0.15, 0.2) is 0 Å². The third-order valence-electron chi connectivity index (χ3n) is 3.77. The fourth-order valence-corrected chi connectivity index (χ4v) is 2.41. The van der Waals surface area contributed by atoms with Crippen molar-refractivity contribution < 1.29 is 14.3 Å². The molecule has 5 heteroatoms. The van der Waals surface area contributed by atoms with Gasteiger partial charge in [-0.3, -0.25) is 0 Å². The Bertz CT molecular complexity index is 669. The molecule has 0 unspecified atom stereocenters. The molecule has 2 aromatic carbocycles. The second kappa shape index (κ2) is 8.82. The molecular formula is C19H24N2O3. The van der Waals surface area contributed by atoms with Gasteiger partial charge in [-0.15, -0.1) is 0 Å². The maximum Gasteiger partial charge on any atom is 0.315 e. The largest absolute Gasteiger partial charge is 0.497 e. The minimum absolute atomic E-state index is 0.169. The van der Waals surface area contributed by atoms with Gasteiger partial charge in [-0.25, -0.2) is 4.79 Å². The minimum Gasteiger partial charge on any atom is -0.497 e. The number of carbonyl (C=O) groups excluding carboxylic acids is 1. The van der Waals surface area contributed by atoms with E-state index < -0.39 is 0 Å². The first-order chi connectivity index (χ1) is 11.6. The van der Waals surface area contributed by atoms with Crippen LogP contribution in [0.2, 0.25) is 0 Å². The van der Waals surface area contributed by atoms with Crippen LogP contribution >= 0.6 is 0 Å². The van der Waals surface area contributed by atoms with Crippen LogP contribution in [0, 0.1) is 6.92 Å². The van der Waals surface area contributed by atoms with Gasteiger partial charge in [0.2, 0.25) is 0 Å². The van der Waals surface area contributed by atoms with Gasteiger partial charge in [-0.05, 0) is 48.2 Å². The van der Waals surface area contributed by atoms with Crippen molar-refractivity contribution in [2.75, 3.05) is 20.8 Å². The molecule has 0 heterocycles. The highest BCUT2D eigenvalue weighted by molar-refractivity contribution is 5.73. The first-order valence-corrected chi connectivity index (χ1v) is 7.90. The molecule has 2 rings (SSSR count). The Kier molecular flexibility index (Phi) is 6.49. The van der Waals surface area contributed by atoms with Crippen molar-refractivity contribution in [2.24, 2.45) is 0 Å². The Balaban J connectivity index is 1.72. The van der Waals surface area contributed by atoms with Crippen LogP contribution in [0.3, 0.4) is 0 Å². The standard InChI is InChI=1S/C19H24N2O3/c1-14-12-16(6-9-18(14)24-3)13-21-19(22)20-11-10-15-4-7-17(23-2)8-5-15/h4-9,12H,10-11,13H2,1-3H3,(H2,20,21,22). The van der Waals surface area contributed by atoms with E-state index in [1.807, 2.05) is 49.4 Å². The average molecular weight is 328 g/mol. The summed E-state index contributed by atoms with van der Waals surface area (Å²) in [5.74, 6) is 1.68. The number of amides is 2. The summed E-state index contributed by atoms with van der Waals surface area (Å²) in [7, 11) is 3.29. The highest BCUT2D eigenvalue weighted by Gasteiger charge is 2.03. The SMILES string of the molecule is COc1ccc(CCNC(=O)NCc2ccc(OC)c(C)c2)cc1. The highest BCUT2D eigenvalue weighted by Crippen LogP contribution is 2.18. The number of hydrogen-bond donors (Lipinski definition) is 2. The number of carbonyl (C=O) groups is 1. The summed E-state index contributed by atoms with van der Waals surface area (Å²) < 4.78 is 10.3. The fourth-order valence-electron chi connectivity index (χ4n) is 2.41. The van der Waals surface area contributed by atoms with E-state index in [9.17, 15) is 4.79 Å². The number of nitrogens with one attached hydrogen (secondary N) is 2.